The smallest absolute Gasteiger partial charge is 0.341 e. The maximum Gasteiger partial charge on any atom is 0.341 e. The van der Waals surface area contributed by atoms with Crippen molar-refractivity contribution in [2.24, 2.45) is 0 Å². The summed E-state index contributed by atoms with van der Waals surface area (Å²) in [6, 6.07) is 11.6. The van der Waals surface area contributed by atoms with Crippen LogP contribution in [0.5, 0.6) is 17.2 Å². The number of anilines is 1. The first-order valence-corrected chi connectivity index (χ1v) is 7.17. The Hall–Kier alpha value is -3.22. The quantitative estimate of drug-likeness (QED) is 0.847. The van der Waals surface area contributed by atoms with Crippen LogP contribution >= 0.6 is 0 Å². The number of hydrogen-bond acceptors (Lipinski definition) is 6. The van der Waals surface area contributed by atoms with Crippen molar-refractivity contribution in [3.63, 3.8) is 0 Å². The number of para-hydroxylation sites is 1. The van der Waals surface area contributed by atoms with Crippen LogP contribution in [0.15, 0.2) is 42.5 Å². The van der Waals surface area contributed by atoms with Gasteiger partial charge in [0.2, 0.25) is 6.79 Å². The fourth-order valence-electron chi connectivity index (χ4n) is 2.19. The van der Waals surface area contributed by atoms with Crippen LogP contribution in [0.4, 0.5) is 5.69 Å². The van der Waals surface area contributed by atoms with Gasteiger partial charge in [0, 0.05) is 11.8 Å². The van der Waals surface area contributed by atoms with Crippen LogP contribution in [-0.2, 0) is 9.53 Å². The minimum atomic E-state index is -0.526. The number of nitrogens with one attached hydrogen (secondary N) is 1. The molecule has 0 spiro atoms. The third kappa shape index (κ3) is 3.40. The van der Waals surface area contributed by atoms with Gasteiger partial charge in [0.15, 0.2) is 18.1 Å². The molecule has 0 radical (unpaired) electrons. The van der Waals surface area contributed by atoms with E-state index in [1.807, 2.05) is 0 Å². The van der Waals surface area contributed by atoms with E-state index >= 15 is 0 Å². The molecular weight excluding hydrogens is 314 g/mol. The summed E-state index contributed by atoms with van der Waals surface area (Å²) in [5.41, 5.74) is 0.824. The predicted octanol–water partition coefficient (Wildman–Crippen LogP) is 2.22. The minimum absolute atomic E-state index is 0.167. The summed E-state index contributed by atoms with van der Waals surface area (Å²) in [6.07, 6.45) is 0. The molecule has 0 saturated heterocycles. The monoisotopic (exact) mass is 329 g/mol. The lowest BCUT2D eigenvalue weighted by atomic mass is 10.2. The number of amides is 1. The average molecular weight is 329 g/mol. The molecule has 1 aliphatic rings. The number of benzene rings is 2. The Labute approximate surface area is 138 Å². The number of hydrogen-bond donors (Lipinski definition) is 1. The van der Waals surface area contributed by atoms with Crippen LogP contribution in [0.3, 0.4) is 0 Å². The van der Waals surface area contributed by atoms with Crippen LogP contribution in [-0.4, -0.2) is 32.4 Å². The molecule has 24 heavy (non-hydrogen) atoms. The van der Waals surface area contributed by atoms with E-state index in [9.17, 15) is 9.59 Å². The molecule has 7 heteroatoms. The van der Waals surface area contributed by atoms with Crippen LogP contribution in [0, 0.1) is 0 Å². The van der Waals surface area contributed by atoms with Crippen molar-refractivity contribution >= 4 is 17.6 Å². The van der Waals surface area contributed by atoms with E-state index in [0.29, 0.717) is 17.2 Å². The molecule has 0 aromatic heterocycles. The fraction of sp³-hybridized carbons (Fsp3) is 0.176. The first-order chi connectivity index (χ1) is 11.7. The molecule has 0 aliphatic carbocycles. The second-order valence-corrected chi connectivity index (χ2v) is 4.89. The van der Waals surface area contributed by atoms with Crippen molar-refractivity contribution in [1.29, 1.82) is 0 Å². The van der Waals surface area contributed by atoms with E-state index in [4.69, 9.17) is 14.2 Å². The van der Waals surface area contributed by atoms with Gasteiger partial charge < -0.3 is 24.3 Å². The average Bonchev–Trinajstić information content (AvgIpc) is 3.07. The highest BCUT2D eigenvalue weighted by molar-refractivity contribution is 5.94. The minimum Gasteiger partial charge on any atom is -0.483 e. The summed E-state index contributed by atoms with van der Waals surface area (Å²) in [5, 5.41) is 2.69. The highest BCUT2D eigenvalue weighted by atomic mass is 16.7. The van der Waals surface area contributed by atoms with Gasteiger partial charge in [0.1, 0.15) is 11.3 Å². The van der Waals surface area contributed by atoms with Gasteiger partial charge in [-0.2, -0.15) is 0 Å². The van der Waals surface area contributed by atoms with Crippen LogP contribution < -0.4 is 19.5 Å². The van der Waals surface area contributed by atoms with Crippen molar-refractivity contribution < 1.29 is 28.5 Å². The van der Waals surface area contributed by atoms with Crippen LogP contribution in [0.2, 0.25) is 0 Å². The maximum atomic E-state index is 12.0. The van der Waals surface area contributed by atoms with Gasteiger partial charge in [-0.25, -0.2) is 4.79 Å². The number of carbonyl (C=O) groups is 2. The summed E-state index contributed by atoms with van der Waals surface area (Å²) in [5.74, 6) is 0.599. The maximum absolute atomic E-state index is 12.0. The van der Waals surface area contributed by atoms with E-state index < -0.39 is 5.97 Å². The number of methoxy groups -OCH3 is 1. The van der Waals surface area contributed by atoms with Gasteiger partial charge in [-0.1, -0.05) is 12.1 Å². The Morgan fingerprint density at radius 1 is 1.12 bits per heavy atom. The van der Waals surface area contributed by atoms with E-state index in [-0.39, 0.29) is 30.6 Å². The Morgan fingerprint density at radius 2 is 1.92 bits per heavy atom. The topological polar surface area (TPSA) is 83.1 Å². The standard InChI is InChI=1S/C17H15NO6/c1-21-17(20)12-4-2-3-5-13(12)22-9-16(19)18-11-6-7-14-15(8-11)24-10-23-14/h2-8H,9-10H2,1H3,(H,18,19). The molecule has 1 N–H and O–H groups in total. The summed E-state index contributed by atoms with van der Waals surface area (Å²) in [7, 11) is 1.28. The molecule has 7 nitrogen and oxygen atoms in total. The Bertz CT molecular complexity index is 773. The highest BCUT2D eigenvalue weighted by Crippen LogP contribution is 2.34. The number of ether oxygens (including phenoxy) is 4. The Kier molecular flexibility index (Phi) is 4.51. The SMILES string of the molecule is COC(=O)c1ccccc1OCC(=O)Nc1ccc2c(c1)OCO2. The Morgan fingerprint density at radius 3 is 2.75 bits per heavy atom. The molecule has 0 atom stereocenters. The van der Waals surface area contributed by atoms with Crippen molar-refractivity contribution in [3.8, 4) is 17.2 Å². The Balaban J connectivity index is 1.61. The van der Waals surface area contributed by atoms with Gasteiger partial charge in [0.05, 0.1) is 7.11 Å². The first kappa shape index (κ1) is 15.7. The number of esters is 1. The third-order valence-electron chi connectivity index (χ3n) is 3.31. The van der Waals surface area contributed by atoms with Crippen molar-refractivity contribution in [3.05, 3.63) is 48.0 Å². The fourth-order valence-corrected chi connectivity index (χ4v) is 2.19. The molecule has 0 saturated carbocycles. The lowest BCUT2D eigenvalue weighted by Crippen LogP contribution is -2.21. The molecule has 2 aromatic carbocycles. The zero-order valence-electron chi connectivity index (χ0n) is 12.9. The number of rotatable bonds is 5. The van der Waals surface area contributed by atoms with Gasteiger partial charge >= 0.3 is 5.97 Å². The molecule has 124 valence electrons. The van der Waals surface area contributed by atoms with Gasteiger partial charge in [0.25, 0.3) is 5.91 Å². The lowest BCUT2D eigenvalue weighted by molar-refractivity contribution is -0.118. The van der Waals surface area contributed by atoms with Gasteiger partial charge in [-0.3, -0.25) is 4.79 Å². The molecule has 0 unspecified atom stereocenters. The van der Waals surface area contributed by atoms with Gasteiger partial charge in [-0.15, -0.1) is 0 Å². The summed E-state index contributed by atoms with van der Waals surface area (Å²) < 4.78 is 20.5. The van der Waals surface area contributed by atoms with Crippen LogP contribution in [0.25, 0.3) is 0 Å². The van der Waals surface area contributed by atoms with Gasteiger partial charge in [-0.05, 0) is 24.3 Å². The summed E-state index contributed by atoms with van der Waals surface area (Å²) in [4.78, 5) is 23.7. The normalized spacial score (nSPS) is 11.7. The molecule has 1 heterocycles. The zero-order valence-corrected chi connectivity index (χ0v) is 12.9. The number of fused-ring (bicyclic) bond motifs is 1. The molecular formula is C17H15NO6. The van der Waals surface area contributed by atoms with E-state index in [1.54, 1.807) is 42.5 Å². The van der Waals surface area contributed by atoms with Crippen molar-refractivity contribution in [2.75, 3.05) is 25.8 Å². The summed E-state index contributed by atoms with van der Waals surface area (Å²) >= 11 is 0. The zero-order chi connectivity index (χ0) is 16.9. The third-order valence-corrected chi connectivity index (χ3v) is 3.31. The lowest BCUT2D eigenvalue weighted by Gasteiger charge is -2.10. The van der Waals surface area contributed by atoms with Crippen molar-refractivity contribution in [2.45, 2.75) is 0 Å². The van der Waals surface area contributed by atoms with Crippen LogP contribution in [0.1, 0.15) is 10.4 Å². The van der Waals surface area contributed by atoms with E-state index in [1.165, 1.54) is 7.11 Å². The molecule has 0 bridgehead atoms. The summed E-state index contributed by atoms with van der Waals surface area (Å²) in [6.45, 7) is -0.0807. The molecule has 2 aromatic rings. The molecule has 1 amide bonds. The first-order valence-electron chi connectivity index (χ1n) is 7.17. The largest absolute Gasteiger partial charge is 0.483 e. The molecule has 3 rings (SSSR count). The van der Waals surface area contributed by atoms with Crippen molar-refractivity contribution in [1.82, 2.24) is 0 Å². The molecule has 0 fully saturated rings. The van der Waals surface area contributed by atoms with E-state index in [0.717, 1.165) is 0 Å². The second-order valence-electron chi connectivity index (χ2n) is 4.89. The second kappa shape index (κ2) is 6.91. The van der Waals surface area contributed by atoms with E-state index in [2.05, 4.69) is 10.1 Å². The highest BCUT2D eigenvalue weighted by Gasteiger charge is 2.16. The predicted molar refractivity (Wildman–Crippen MR) is 84.5 cm³/mol. The number of carbonyl (C=O) groups excluding carboxylic acids is 2. The molecule has 1 aliphatic heterocycles.